The van der Waals surface area contributed by atoms with Crippen LogP contribution in [0.5, 0.6) is 5.75 Å². The summed E-state index contributed by atoms with van der Waals surface area (Å²) in [5, 5.41) is 3.36. The summed E-state index contributed by atoms with van der Waals surface area (Å²) in [5.74, 6) is 0.929. The van der Waals surface area contributed by atoms with Crippen LogP contribution in [0.1, 0.15) is 12.0 Å². The Morgan fingerprint density at radius 1 is 1.40 bits per heavy atom. The molecular weight excluding hydrogens is 186 g/mol. The van der Waals surface area contributed by atoms with Gasteiger partial charge in [-0.2, -0.15) is 0 Å². The quantitative estimate of drug-likeness (QED) is 0.545. The van der Waals surface area contributed by atoms with Crippen molar-refractivity contribution in [1.82, 2.24) is 5.32 Å². The molecule has 1 N–H and O–H groups in total. The number of hydrogen-bond donors (Lipinski definition) is 1. The molecule has 2 heteroatoms. The monoisotopic (exact) mass is 205 g/mol. The predicted octanol–water partition coefficient (Wildman–Crippen LogP) is 2.40. The minimum Gasteiger partial charge on any atom is -0.497 e. The molecule has 0 atom stereocenters. The maximum Gasteiger partial charge on any atom is 0.119 e. The summed E-state index contributed by atoms with van der Waals surface area (Å²) in [5.41, 5.74) is 1.31. The van der Waals surface area contributed by atoms with Crippen LogP contribution < -0.4 is 10.1 Å². The molecule has 0 aliphatic carbocycles. The van der Waals surface area contributed by atoms with E-state index in [9.17, 15) is 0 Å². The summed E-state index contributed by atoms with van der Waals surface area (Å²) < 4.78 is 5.17. The molecule has 15 heavy (non-hydrogen) atoms. The Hall–Kier alpha value is -1.28. The van der Waals surface area contributed by atoms with Crippen molar-refractivity contribution >= 4 is 0 Å². The summed E-state index contributed by atoms with van der Waals surface area (Å²) in [6, 6.07) is 8.19. The van der Waals surface area contributed by atoms with E-state index in [0.29, 0.717) is 0 Å². The first-order chi connectivity index (χ1) is 7.36. The molecule has 82 valence electrons. The number of rotatable bonds is 7. The standard InChI is InChI=1S/C13H19NO/c1-3-4-9-14-10-8-12-6-5-7-13(11-12)15-2/h3,5-7,11,14H,1,4,8-10H2,2H3. The summed E-state index contributed by atoms with van der Waals surface area (Å²) in [7, 11) is 1.70. The lowest BCUT2D eigenvalue weighted by molar-refractivity contribution is 0.414. The molecule has 0 aliphatic heterocycles. The third kappa shape index (κ3) is 4.66. The maximum absolute atomic E-state index is 5.17. The van der Waals surface area contributed by atoms with Crippen molar-refractivity contribution in [3.05, 3.63) is 42.5 Å². The van der Waals surface area contributed by atoms with Crippen molar-refractivity contribution in [2.24, 2.45) is 0 Å². The lowest BCUT2D eigenvalue weighted by Crippen LogP contribution is -2.17. The van der Waals surface area contributed by atoms with Crippen LogP contribution in [0.2, 0.25) is 0 Å². The highest BCUT2D eigenvalue weighted by Crippen LogP contribution is 2.12. The Morgan fingerprint density at radius 2 is 2.27 bits per heavy atom. The largest absolute Gasteiger partial charge is 0.497 e. The zero-order chi connectivity index (χ0) is 10.9. The second-order valence-corrected chi connectivity index (χ2v) is 3.43. The third-order valence-corrected chi connectivity index (χ3v) is 2.25. The van der Waals surface area contributed by atoms with Crippen LogP contribution in [-0.2, 0) is 6.42 Å². The molecule has 1 rings (SSSR count). The zero-order valence-corrected chi connectivity index (χ0v) is 9.33. The van der Waals surface area contributed by atoms with Gasteiger partial charge in [0.2, 0.25) is 0 Å². The zero-order valence-electron chi connectivity index (χ0n) is 9.33. The lowest BCUT2D eigenvalue weighted by atomic mass is 10.1. The molecule has 0 amide bonds. The van der Waals surface area contributed by atoms with E-state index in [1.165, 1.54) is 5.56 Å². The van der Waals surface area contributed by atoms with Gasteiger partial charge in [0.1, 0.15) is 5.75 Å². The van der Waals surface area contributed by atoms with Crippen LogP contribution in [0, 0.1) is 0 Å². The first-order valence-electron chi connectivity index (χ1n) is 5.31. The summed E-state index contributed by atoms with van der Waals surface area (Å²) >= 11 is 0. The van der Waals surface area contributed by atoms with Gasteiger partial charge in [-0.1, -0.05) is 18.2 Å². The molecular formula is C13H19NO. The molecule has 0 unspecified atom stereocenters. The number of nitrogens with one attached hydrogen (secondary N) is 1. The van der Waals surface area contributed by atoms with Gasteiger partial charge in [0.15, 0.2) is 0 Å². The van der Waals surface area contributed by atoms with Gasteiger partial charge in [0.05, 0.1) is 7.11 Å². The Bertz CT molecular complexity index is 296. The van der Waals surface area contributed by atoms with Crippen molar-refractivity contribution in [1.29, 1.82) is 0 Å². The molecule has 1 aromatic carbocycles. The van der Waals surface area contributed by atoms with Crippen LogP contribution in [0.25, 0.3) is 0 Å². The minimum atomic E-state index is 0.929. The number of ether oxygens (including phenoxy) is 1. The number of hydrogen-bond acceptors (Lipinski definition) is 2. The maximum atomic E-state index is 5.17. The fraction of sp³-hybridized carbons (Fsp3) is 0.385. The topological polar surface area (TPSA) is 21.3 Å². The molecule has 2 nitrogen and oxygen atoms in total. The second-order valence-electron chi connectivity index (χ2n) is 3.43. The Morgan fingerprint density at radius 3 is 3.00 bits per heavy atom. The van der Waals surface area contributed by atoms with E-state index in [1.54, 1.807) is 7.11 Å². The molecule has 0 spiro atoms. The van der Waals surface area contributed by atoms with Gasteiger partial charge >= 0.3 is 0 Å². The van der Waals surface area contributed by atoms with Gasteiger partial charge in [0, 0.05) is 0 Å². The predicted molar refractivity (Wildman–Crippen MR) is 64.4 cm³/mol. The van der Waals surface area contributed by atoms with Crippen LogP contribution in [0.15, 0.2) is 36.9 Å². The highest BCUT2D eigenvalue weighted by molar-refractivity contribution is 5.28. The van der Waals surface area contributed by atoms with Crippen LogP contribution in [0.3, 0.4) is 0 Å². The van der Waals surface area contributed by atoms with Gasteiger partial charge < -0.3 is 10.1 Å². The summed E-state index contributed by atoms with van der Waals surface area (Å²) in [6.45, 7) is 5.69. The van der Waals surface area contributed by atoms with Gasteiger partial charge in [-0.05, 0) is 43.6 Å². The fourth-order valence-corrected chi connectivity index (χ4v) is 1.39. The van der Waals surface area contributed by atoms with Crippen molar-refractivity contribution in [2.75, 3.05) is 20.2 Å². The van der Waals surface area contributed by atoms with Crippen molar-refractivity contribution in [3.63, 3.8) is 0 Å². The molecule has 1 aromatic rings. The van der Waals surface area contributed by atoms with Gasteiger partial charge in [-0.25, -0.2) is 0 Å². The van der Waals surface area contributed by atoms with E-state index in [4.69, 9.17) is 4.74 Å². The number of benzene rings is 1. The first kappa shape index (κ1) is 11.8. The van der Waals surface area contributed by atoms with Gasteiger partial charge in [-0.15, -0.1) is 6.58 Å². The Balaban J connectivity index is 2.27. The van der Waals surface area contributed by atoms with Crippen molar-refractivity contribution in [2.45, 2.75) is 12.8 Å². The average Bonchev–Trinajstić information content (AvgIpc) is 2.29. The smallest absolute Gasteiger partial charge is 0.119 e. The van der Waals surface area contributed by atoms with E-state index in [-0.39, 0.29) is 0 Å². The number of methoxy groups -OCH3 is 1. The van der Waals surface area contributed by atoms with Crippen molar-refractivity contribution < 1.29 is 4.74 Å². The highest BCUT2D eigenvalue weighted by Gasteiger charge is 1.95. The third-order valence-electron chi connectivity index (χ3n) is 2.25. The van der Waals surface area contributed by atoms with Gasteiger partial charge in [-0.3, -0.25) is 0 Å². The van der Waals surface area contributed by atoms with Crippen molar-refractivity contribution in [3.8, 4) is 5.75 Å². The van der Waals surface area contributed by atoms with E-state index in [1.807, 2.05) is 18.2 Å². The lowest BCUT2D eigenvalue weighted by Gasteiger charge is -2.05. The van der Waals surface area contributed by atoms with E-state index in [0.717, 1.165) is 31.7 Å². The van der Waals surface area contributed by atoms with E-state index < -0.39 is 0 Å². The molecule has 0 saturated carbocycles. The average molecular weight is 205 g/mol. The molecule has 0 saturated heterocycles. The SMILES string of the molecule is C=CCCNCCc1cccc(OC)c1. The fourth-order valence-electron chi connectivity index (χ4n) is 1.39. The van der Waals surface area contributed by atoms with Gasteiger partial charge in [0.25, 0.3) is 0 Å². The molecule has 0 radical (unpaired) electrons. The summed E-state index contributed by atoms with van der Waals surface area (Å²) in [6.07, 6.45) is 3.99. The van der Waals surface area contributed by atoms with Crippen LogP contribution in [-0.4, -0.2) is 20.2 Å². The summed E-state index contributed by atoms with van der Waals surface area (Å²) in [4.78, 5) is 0. The highest BCUT2D eigenvalue weighted by atomic mass is 16.5. The minimum absolute atomic E-state index is 0.929. The van der Waals surface area contributed by atoms with Crippen LogP contribution in [0.4, 0.5) is 0 Å². The molecule has 0 aliphatic rings. The van der Waals surface area contributed by atoms with Crippen LogP contribution >= 0.6 is 0 Å². The normalized spacial score (nSPS) is 9.93. The molecule has 0 bridgehead atoms. The Labute approximate surface area is 92.0 Å². The van der Waals surface area contributed by atoms with E-state index in [2.05, 4.69) is 24.0 Å². The first-order valence-corrected chi connectivity index (χ1v) is 5.31. The second kappa shape index (κ2) is 7.07. The molecule has 0 fully saturated rings. The Kier molecular flexibility index (Phi) is 5.56. The molecule has 0 heterocycles. The van der Waals surface area contributed by atoms with E-state index >= 15 is 0 Å². The molecule has 0 aromatic heterocycles.